The van der Waals surface area contributed by atoms with Gasteiger partial charge in [-0.1, -0.05) is 0 Å². The molecule has 4 heteroatoms. The molecule has 4 nitrogen and oxygen atoms in total. The molecule has 0 radical (unpaired) electrons. The van der Waals surface area contributed by atoms with E-state index in [1.165, 1.54) is 5.56 Å². The summed E-state index contributed by atoms with van der Waals surface area (Å²) in [6.45, 7) is 2.10. The quantitative estimate of drug-likeness (QED) is 0.742. The van der Waals surface area contributed by atoms with Gasteiger partial charge in [-0.25, -0.2) is 0 Å². The van der Waals surface area contributed by atoms with Gasteiger partial charge in [0.25, 0.3) is 0 Å². The zero-order valence-electron chi connectivity index (χ0n) is 8.64. The number of hydrogen-bond donors (Lipinski definition) is 2. The normalized spacial score (nSPS) is 28.5. The first-order valence-corrected chi connectivity index (χ1v) is 5.09. The first kappa shape index (κ1) is 9.68. The minimum absolute atomic E-state index is 0.158. The Morgan fingerprint density at radius 1 is 1.64 bits per heavy atom. The van der Waals surface area contributed by atoms with E-state index in [2.05, 4.69) is 17.3 Å². The van der Waals surface area contributed by atoms with Gasteiger partial charge in [0.15, 0.2) is 0 Å². The highest BCUT2D eigenvalue weighted by molar-refractivity contribution is 5.10. The second-order valence-electron chi connectivity index (χ2n) is 4.09. The summed E-state index contributed by atoms with van der Waals surface area (Å²) in [5.74, 6) is 0. The smallest absolute Gasteiger partial charge is 0.0694 e. The van der Waals surface area contributed by atoms with E-state index < -0.39 is 0 Å². The monoisotopic (exact) mass is 195 g/mol. The van der Waals surface area contributed by atoms with Crippen LogP contribution in [0.4, 0.5) is 0 Å². The summed E-state index contributed by atoms with van der Waals surface area (Å²) >= 11 is 0. The number of aliphatic hydroxyl groups is 1. The van der Waals surface area contributed by atoms with Crippen LogP contribution in [0.5, 0.6) is 0 Å². The molecule has 1 aliphatic carbocycles. The molecule has 0 aliphatic heterocycles. The molecular formula is C10H17N3O. The predicted molar refractivity (Wildman–Crippen MR) is 53.8 cm³/mol. The van der Waals surface area contributed by atoms with E-state index >= 15 is 0 Å². The predicted octanol–water partition coefficient (Wildman–Crippen LogP) is 0.594. The molecule has 0 saturated heterocycles. The number of nitrogens with zero attached hydrogens (tertiary/aromatic N) is 2. The van der Waals surface area contributed by atoms with Gasteiger partial charge in [0.1, 0.15) is 0 Å². The highest BCUT2D eigenvalue weighted by Gasteiger charge is 2.29. The van der Waals surface area contributed by atoms with Crippen molar-refractivity contribution in [1.82, 2.24) is 15.1 Å². The Balaban J connectivity index is 1.92. The van der Waals surface area contributed by atoms with E-state index in [0.29, 0.717) is 0 Å². The minimum Gasteiger partial charge on any atom is -0.392 e. The Labute approximate surface area is 83.9 Å². The van der Waals surface area contributed by atoms with Crippen LogP contribution in [0.25, 0.3) is 0 Å². The van der Waals surface area contributed by atoms with Gasteiger partial charge in [0, 0.05) is 30.9 Å². The molecule has 14 heavy (non-hydrogen) atoms. The van der Waals surface area contributed by atoms with Crippen LogP contribution >= 0.6 is 0 Å². The largest absolute Gasteiger partial charge is 0.392 e. The summed E-state index contributed by atoms with van der Waals surface area (Å²) in [6, 6.07) is 0.536. The SMILES string of the molecule is CC(N[C@@H]1CC[C@H]1O)c1cnn(C)c1. The molecule has 78 valence electrons. The van der Waals surface area contributed by atoms with E-state index in [4.69, 9.17) is 0 Å². The van der Waals surface area contributed by atoms with Crippen molar-refractivity contribution in [2.24, 2.45) is 7.05 Å². The number of aryl methyl sites for hydroxylation is 1. The van der Waals surface area contributed by atoms with Crippen molar-refractivity contribution < 1.29 is 5.11 Å². The summed E-state index contributed by atoms with van der Waals surface area (Å²) < 4.78 is 1.80. The summed E-state index contributed by atoms with van der Waals surface area (Å²) in [6.07, 6.45) is 5.71. The average molecular weight is 195 g/mol. The summed E-state index contributed by atoms with van der Waals surface area (Å²) in [5.41, 5.74) is 1.17. The van der Waals surface area contributed by atoms with Crippen LogP contribution in [0.15, 0.2) is 12.4 Å². The van der Waals surface area contributed by atoms with Crippen molar-refractivity contribution in [3.8, 4) is 0 Å². The second-order valence-corrected chi connectivity index (χ2v) is 4.09. The topological polar surface area (TPSA) is 50.1 Å². The third-order valence-corrected chi connectivity index (χ3v) is 2.93. The third kappa shape index (κ3) is 1.81. The Morgan fingerprint density at radius 2 is 2.43 bits per heavy atom. The summed E-state index contributed by atoms with van der Waals surface area (Å²) in [7, 11) is 1.91. The van der Waals surface area contributed by atoms with Crippen LogP contribution in [-0.2, 0) is 7.05 Å². The highest BCUT2D eigenvalue weighted by atomic mass is 16.3. The van der Waals surface area contributed by atoms with Gasteiger partial charge in [0.2, 0.25) is 0 Å². The molecule has 0 bridgehead atoms. The molecule has 2 N–H and O–H groups in total. The maximum absolute atomic E-state index is 9.43. The first-order chi connectivity index (χ1) is 6.66. The van der Waals surface area contributed by atoms with E-state index in [1.54, 1.807) is 4.68 Å². The zero-order chi connectivity index (χ0) is 10.1. The van der Waals surface area contributed by atoms with E-state index in [1.807, 2.05) is 19.4 Å². The summed E-state index contributed by atoms with van der Waals surface area (Å²) in [4.78, 5) is 0. The molecule has 1 fully saturated rings. The minimum atomic E-state index is -0.158. The fraction of sp³-hybridized carbons (Fsp3) is 0.700. The lowest BCUT2D eigenvalue weighted by atomic mass is 9.88. The van der Waals surface area contributed by atoms with Gasteiger partial charge in [-0.2, -0.15) is 5.10 Å². The lowest BCUT2D eigenvalue weighted by Crippen LogP contribution is -2.48. The molecule has 1 unspecified atom stereocenters. The van der Waals surface area contributed by atoms with Crippen LogP contribution < -0.4 is 5.32 Å². The van der Waals surface area contributed by atoms with Gasteiger partial charge in [-0.3, -0.25) is 4.68 Å². The Kier molecular flexibility index (Phi) is 2.56. The fourth-order valence-corrected chi connectivity index (χ4v) is 1.76. The lowest BCUT2D eigenvalue weighted by molar-refractivity contribution is 0.0449. The van der Waals surface area contributed by atoms with Gasteiger partial charge < -0.3 is 10.4 Å². The molecule has 3 atom stereocenters. The van der Waals surface area contributed by atoms with Crippen LogP contribution in [-0.4, -0.2) is 27.0 Å². The summed E-state index contributed by atoms with van der Waals surface area (Å²) in [5, 5.41) is 16.9. The maximum atomic E-state index is 9.43. The van der Waals surface area contributed by atoms with Crippen LogP contribution in [0.2, 0.25) is 0 Å². The number of aliphatic hydroxyl groups excluding tert-OH is 1. The van der Waals surface area contributed by atoms with Gasteiger partial charge in [0.05, 0.1) is 12.3 Å². The average Bonchev–Trinajstić information content (AvgIpc) is 2.58. The van der Waals surface area contributed by atoms with E-state index in [9.17, 15) is 5.11 Å². The van der Waals surface area contributed by atoms with E-state index in [0.717, 1.165) is 12.8 Å². The van der Waals surface area contributed by atoms with Crippen molar-refractivity contribution in [3.63, 3.8) is 0 Å². The number of nitrogens with one attached hydrogen (secondary N) is 1. The van der Waals surface area contributed by atoms with Crippen LogP contribution in [0.3, 0.4) is 0 Å². The van der Waals surface area contributed by atoms with E-state index in [-0.39, 0.29) is 18.2 Å². The van der Waals surface area contributed by atoms with Crippen molar-refractivity contribution in [2.45, 2.75) is 38.0 Å². The van der Waals surface area contributed by atoms with Crippen molar-refractivity contribution in [2.75, 3.05) is 0 Å². The third-order valence-electron chi connectivity index (χ3n) is 2.93. The molecule has 1 aromatic heterocycles. The van der Waals surface area contributed by atoms with Crippen molar-refractivity contribution in [1.29, 1.82) is 0 Å². The molecule has 1 saturated carbocycles. The molecule has 1 heterocycles. The molecular weight excluding hydrogens is 178 g/mol. The van der Waals surface area contributed by atoms with Crippen LogP contribution in [0.1, 0.15) is 31.4 Å². The molecule has 1 aromatic rings. The number of hydrogen-bond acceptors (Lipinski definition) is 3. The van der Waals surface area contributed by atoms with Gasteiger partial charge in [-0.15, -0.1) is 0 Å². The Morgan fingerprint density at radius 3 is 2.86 bits per heavy atom. The maximum Gasteiger partial charge on any atom is 0.0694 e. The Bertz CT molecular complexity index is 310. The molecule has 1 aliphatic rings. The Hall–Kier alpha value is -0.870. The number of rotatable bonds is 3. The molecule has 0 amide bonds. The lowest BCUT2D eigenvalue weighted by Gasteiger charge is -2.35. The molecule has 2 rings (SSSR count). The van der Waals surface area contributed by atoms with Crippen molar-refractivity contribution >= 4 is 0 Å². The highest BCUT2D eigenvalue weighted by Crippen LogP contribution is 2.23. The number of aromatic nitrogens is 2. The van der Waals surface area contributed by atoms with Gasteiger partial charge in [-0.05, 0) is 19.8 Å². The first-order valence-electron chi connectivity index (χ1n) is 5.09. The zero-order valence-corrected chi connectivity index (χ0v) is 8.64. The standard InChI is InChI=1S/C10H17N3O/c1-7(8-5-11-13(2)6-8)12-9-3-4-10(9)14/h5-7,9-10,12,14H,3-4H2,1-2H3/t7?,9-,10-/m1/s1. The fourth-order valence-electron chi connectivity index (χ4n) is 1.76. The second kappa shape index (κ2) is 3.71. The molecule has 0 spiro atoms. The van der Waals surface area contributed by atoms with Crippen molar-refractivity contribution in [3.05, 3.63) is 18.0 Å². The van der Waals surface area contributed by atoms with Gasteiger partial charge >= 0.3 is 0 Å². The molecule has 0 aromatic carbocycles. The van der Waals surface area contributed by atoms with Crippen LogP contribution in [0, 0.1) is 0 Å².